The summed E-state index contributed by atoms with van der Waals surface area (Å²) >= 11 is 0. The van der Waals surface area contributed by atoms with Gasteiger partial charge in [-0.05, 0) is 17.7 Å². The van der Waals surface area contributed by atoms with E-state index in [0.717, 1.165) is 4.31 Å². The first-order chi connectivity index (χ1) is 7.99. The Balaban J connectivity index is 2.80. The van der Waals surface area contributed by atoms with Crippen molar-refractivity contribution >= 4 is 10.0 Å². The normalized spacial score (nSPS) is 11.4. The Bertz CT molecular complexity index is 503. The molecule has 0 aliphatic rings. The van der Waals surface area contributed by atoms with E-state index < -0.39 is 10.0 Å². The molecule has 0 amide bonds. The summed E-state index contributed by atoms with van der Waals surface area (Å²) in [5.41, 5.74) is 1.11. The molecule has 6 heteroatoms. The molecule has 0 aliphatic heterocycles. The molecule has 0 heterocycles. The summed E-state index contributed by atoms with van der Waals surface area (Å²) in [4.78, 5) is 0. The predicted molar refractivity (Wildman–Crippen MR) is 63.5 cm³/mol. The number of benzene rings is 1. The Kier molecular flexibility index (Phi) is 4.63. The van der Waals surface area contributed by atoms with E-state index in [1.54, 1.807) is 24.3 Å². The van der Waals surface area contributed by atoms with Crippen LogP contribution in [0.3, 0.4) is 0 Å². The SMILES string of the molecule is CN(CCO)S(=O)(=O)Cc1ccc(C#N)cc1. The van der Waals surface area contributed by atoms with Gasteiger partial charge in [-0.25, -0.2) is 12.7 Å². The molecule has 0 aromatic heterocycles. The molecule has 1 aromatic carbocycles. The van der Waals surface area contributed by atoms with E-state index in [0.29, 0.717) is 11.1 Å². The zero-order valence-corrected chi connectivity index (χ0v) is 10.3. The summed E-state index contributed by atoms with van der Waals surface area (Å²) in [6.45, 7) is -0.123. The Morgan fingerprint density at radius 3 is 2.41 bits per heavy atom. The Morgan fingerprint density at radius 1 is 1.35 bits per heavy atom. The maximum atomic E-state index is 11.8. The van der Waals surface area contributed by atoms with Crippen molar-refractivity contribution in [2.45, 2.75) is 5.75 Å². The average Bonchev–Trinajstić information content (AvgIpc) is 2.30. The van der Waals surface area contributed by atoms with Crippen molar-refractivity contribution in [3.8, 4) is 6.07 Å². The monoisotopic (exact) mass is 254 g/mol. The summed E-state index contributed by atoms with van der Waals surface area (Å²) in [6.07, 6.45) is 0. The lowest BCUT2D eigenvalue weighted by Crippen LogP contribution is -2.30. The van der Waals surface area contributed by atoms with Crippen LogP contribution in [-0.2, 0) is 15.8 Å². The molecule has 17 heavy (non-hydrogen) atoms. The van der Waals surface area contributed by atoms with Gasteiger partial charge in [0.2, 0.25) is 10.0 Å². The standard InChI is InChI=1S/C11H14N2O3S/c1-13(6-7-14)17(15,16)9-11-4-2-10(8-12)3-5-11/h2-5,14H,6-7,9H2,1H3. The number of sulfonamides is 1. The third-order valence-corrected chi connectivity index (χ3v) is 4.15. The third kappa shape index (κ3) is 3.82. The maximum absolute atomic E-state index is 11.8. The smallest absolute Gasteiger partial charge is 0.218 e. The summed E-state index contributed by atoms with van der Waals surface area (Å²) in [6, 6.07) is 8.36. The molecule has 0 aliphatic carbocycles. The van der Waals surface area contributed by atoms with Gasteiger partial charge in [-0.1, -0.05) is 12.1 Å². The Labute approximate surface area is 101 Å². The second-order valence-corrected chi connectivity index (χ2v) is 5.69. The first-order valence-electron chi connectivity index (χ1n) is 5.03. The lowest BCUT2D eigenvalue weighted by Gasteiger charge is -2.15. The summed E-state index contributed by atoms with van der Waals surface area (Å²) < 4.78 is 24.7. The van der Waals surface area contributed by atoms with Crippen molar-refractivity contribution in [1.29, 1.82) is 5.26 Å². The van der Waals surface area contributed by atoms with Crippen LogP contribution in [0.25, 0.3) is 0 Å². The Hall–Kier alpha value is -1.42. The fourth-order valence-corrected chi connectivity index (χ4v) is 2.47. The van der Waals surface area contributed by atoms with Crippen LogP contribution in [0.1, 0.15) is 11.1 Å². The van der Waals surface area contributed by atoms with Crippen LogP contribution in [0.15, 0.2) is 24.3 Å². The van der Waals surface area contributed by atoms with Crippen LogP contribution in [0.4, 0.5) is 0 Å². The van der Waals surface area contributed by atoms with Crippen LogP contribution in [0.2, 0.25) is 0 Å². The van der Waals surface area contributed by atoms with E-state index in [4.69, 9.17) is 10.4 Å². The average molecular weight is 254 g/mol. The highest BCUT2D eigenvalue weighted by Gasteiger charge is 2.17. The maximum Gasteiger partial charge on any atom is 0.218 e. The minimum absolute atomic E-state index is 0.0820. The van der Waals surface area contributed by atoms with E-state index in [1.807, 2.05) is 6.07 Å². The fourth-order valence-electron chi connectivity index (χ4n) is 1.28. The van der Waals surface area contributed by atoms with E-state index in [2.05, 4.69) is 0 Å². The van der Waals surface area contributed by atoms with Crippen molar-refractivity contribution in [2.75, 3.05) is 20.2 Å². The van der Waals surface area contributed by atoms with Gasteiger partial charge in [-0.15, -0.1) is 0 Å². The van der Waals surface area contributed by atoms with Crippen LogP contribution in [-0.4, -0.2) is 38.0 Å². The van der Waals surface area contributed by atoms with Gasteiger partial charge in [0.15, 0.2) is 0 Å². The van der Waals surface area contributed by atoms with Crippen LogP contribution in [0, 0.1) is 11.3 Å². The van der Waals surface area contributed by atoms with E-state index in [-0.39, 0.29) is 18.9 Å². The van der Waals surface area contributed by atoms with Gasteiger partial charge in [0, 0.05) is 13.6 Å². The molecule has 0 saturated heterocycles. The van der Waals surface area contributed by atoms with E-state index in [1.165, 1.54) is 7.05 Å². The number of hydrogen-bond donors (Lipinski definition) is 1. The van der Waals surface area contributed by atoms with Crippen molar-refractivity contribution in [3.63, 3.8) is 0 Å². The van der Waals surface area contributed by atoms with Gasteiger partial charge in [-0.2, -0.15) is 5.26 Å². The summed E-state index contributed by atoms with van der Waals surface area (Å²) in [7, 11) is -1.98. The second kappa shape index (κ2) is 5.77. The molecule has 0 atom stereocenters. The highest BCUT2D eigenvalue weighted by molar-refractivity contribution is 7.88. The largest absolute Gasteiger partial charge is 0.395 e. The lowest BCUT2D eigenvalue weighted by molar-refractivity contribution is 0.266. The molecular weight excluding hydrogens is 240 g/mol. The lowest BCUT2D eigenvalue weighted by atomic mass is 10.2. The number of aliphatic hydroxyl groups is 1. The molecule has 92 valence electrons. The minimum atomic E-state index is -3.40. The van der Waals surface area contributed by atoms with Crippen LogP contribution in [0.5, 0.6) is 0 Å². The molecule has 0 radical (unpaired) electrons. The number of likely N-dealkylation sites (N-methyl/N-ethyl adjacent to an activating group) is 1. The van der Waals surface area contributed by atoms with Crippen molar-refractivity contribution in [3.05, 3.63) is 35.4 Å². The van der Waals surface area contributed by atoms with Crippen molar-refractivity contribution < 1.29 is 13.5 Å². The highest BCUT2D eigenvalue weighted by atomic mass is 32.2. The number of nitrogens with zero attached hydrogens (tertiary/aromatic N) is 2. The van der Waals surface area contributed by atoms with Gasteiger partial charge in [0.05, 0.1) is 24.0 Å². The first-order valence-corrected chi connectivity index (χ1v) is 6.64. The van der Waals surface area contributed by atoms with Gasteiger partial charge in [-0.3, -0.25) is 0 Å². The van der Waals surface area contributed by atoms with Crippen molar-refractivity contribution in [2.24, 2.45) is 0 Å². The minimum Gasteiger partial charge on any atom is -0.395 e. The molecular formula is C11H14N2O3S. The topological polar surface area (TPSA) is 81.4 Å². The third-order valence-electron chi connectivity index (χ3n) is 2.32. The zero-order chi connectivity index (χ0) is 12.9. The number of hydrogen-bond acceptors (Lipinski definition) is 4. The second-order valence-electron chi connectivity index (χ2n) is 3.61. The predicted octanol–water partition coefficient (Wildman–Crippen LogP) is 0.312. The molecule has 0 bridgehead atoms. The van der Waals surface area contributed by atoms with Gasteiger partial charge in [0.25, 0.3) is 0 Å². The highest BCUT2D eigenvalue weighted by Crippen LogP contribution is 2.10. The quantitative estimate of drug-likeness (QED) is 0.820. The molecule has 0 fully saturated rings. The van der Waals surface area contributed by atoms with Crippen LogP contribution >= 0.6 is 0 Å². The van der Waals surface area contributed by atoms with Gasteiger partial charge in [0.1, 0.15) is 0 Å². The number of rotatable bonds is 5. The molecule has 0 unspecified atom stereocenters. The summed E-state index contributed by atoms with van der Waals surface area (Å²) in [5, 5.41) is 17.3. The molecule has 1 rings (SSSR count). The summed E-state index contributed by atoms with van der Waals surface area (Å²) in [5.74, 6) is -0.130. The molecule has 0 saturated carbocycles. The van der Waals surface area contributed by atoms with Gasteiger partial charge >= 0.3 is 0 Å². The first kappa shape index (κ1) is 13.6. The van der Waals surface area contributed by atoms with Crippen LogP contribution < -0.4 is 0 Å². The molecule has 1 N–H and O–H groups in total. The van der Waals surface area contributed by atoms with E-state index in [9.17, 15) is 8.42 Å². The molecule has 5 nitrogen and oxygen atoms in total. The number of nitriles is 1. The molecule has 0 spiro atoms. The number of aliphatic hydroxyl groups excluding tert-OH is 1. The van der Waals surface area contributed by atoms with E-state index >= 15 is 0 Å². The fraction of sp³-hybridized carbons (Fsp3) is 0.364. The Morgan fingerprint density at radius 2 is 1.94 bits per heavy atom. The molecule has 1 aromatic rings. The van der Waals surface area contributed by atoms with Crippen molar-refractivity contribution in [1.82, 2.24) is 4.31 Å². The van der Waals surface area contributed by atoms with Gasteiger partial charge < -0.3 is 5.11 Å². The zero-order valence-electron chi connectivity index (χ0n) is 9.50.